The second-order valence-electron chi connectivity index (χ2n) is 6.82. The summed E-state index contributed by atoms with van der Waals surface area (Å²) in [5, 5.41) is 12.3. The van der Waals surface area contributed by atoms with Crippen LogP contribution in [0, 0.1) is 0 Å². The predicted octanol–water partition coefficient (Wildman–Crippen LogP) is 4.67. The van der Waals surface area contributed by atoms with E-state index >= 15 is 0 Å². The largest absolute Gasteiger partial charge is 0.494 e. The van der Waals surface area contributed by atoms with Gasteiger partial charge in [0.1, 0.15) is 17.6 Å². The third kappa shape index (κ3) is 8.81. The third-order valence-corrected chi connectivity index (χ3v) is 4.98. The lowest BCUT2D eigenvalue weighted by Crippen LogP contribution is -2.42. The lowest BCUT2D eigenvalue weighted by molar-refractivity contribution is -0.139. The van der Waals surface area contributed by atoms with Gasteiger partial charge in [-0.1, -0.05) is 41.4 Å². The van der Waals surface area contributed by atoms with E-state index in [4.69, 9.17) is 27.9 Å². The fourth-order valence-corrected chi connectivity index (χ4v) is 3.34. The fourth-order valence-electron chi connectivity index (χ4n) is 2.77. The summed E-state index contributed by atoms with van der Waals surface area (Å²) >= 11 is 12.0. The van der Waals surface area contributed by atoms with E-state index in [2.05, 4.69) is 5.32 Å². The van der Waals surface area contributed by atoms with Crippen molar-refractivity contribution in [1.29, 1.82) is 0 Å². The molecule has 9 heteroatoms. The standard InChI is InChI=1S/C22H23Cl2NO5.H2S/c1-14(26)5-2-3-12-30-16-10-8-15(9-11-16)13-19(22(28)29)25-21(27)20-17(23)6-4-7-18(20)24;/h4,6-11,19H,2-3,5,12-13H2,1H3,(H,25,27)(H,28,29);1H2. The number of benzene rings is 2. The number of hydrogen-bond acceptors (Lipinski definition) is 4. The molecule has 0 saturated heterocycles. The van der Waals surface area contributed by atoms with E-state index in [9.17, 15) is 19.5 Å². The molecule has 0 bridgehead atoms. The lowest BCUT2D eigenvalue weighted by Gasteiger charge is -2.16. The molecule has 31 heavy (non-hydrogen) atoms. The highest BCUT2D eigenvalue weighted by Crippen LogP contribution is 2.24. The SMILES string of the molecule is CC(=O)CCCCOc1ccc(CC(NC(=O)c2c(Cl)cccc2Cl)C(=O)O)cc1.S. The first-order valence-corrected chi connectivity index (χ1v) is 10.2. The Hall–Kier alpha value is -2.22. The number of carboxylic acid groups (broad SMARTS) is 1. The number of carbonyl (C=O) groups is 3. The van der Waals surface area contributed by atoms with E-state index in [-0.39, 0.29) is 41.3 Å². The van der Waals surface area contributed by atoms with E-state index in [1.165, 1.54) is 12.1 Å². The van der Waals surface area contributed by atoms with Gasteiger partial charge < -0.3 is 20.0 Å². The van der Waals surface area contributed by atoms with E-state index < -0.39 is 17.9 Å². The Morgan fingerprint density at radius 3 is 2.19 bits per heavy atom. The molecule has 0 radical (unpaired) electrons. The first kappa shape index (κ1) is 26.8. The maximum Gasteiger partial charge on any atom is 0.326 e. The van der Waals surface area contributed by atoms with Crippen molar-refractivity contribution < 1.29 is 24.2 Å². The number of Topliss-reactive ketones (excluding diaryl/α,β-unsaturated/α-hetero) is 1. The molecule has 168 valence electrons. The molecule has 0 heterocycles. The second-order valence-corrected chi connectivity index (χ2v) is 7.63. The minimum atomic E-state index is -1.17. The molecule has 2 aromatic rings. The van der Waals surface area contributed by atoms with Crippen molar-refractivity contribution in [2.45, 2.75) is 38.6 Å². The summed E-state index contributed by atoms with van der Waals surface area (Å²) in [5.74, 6) is -1.00. The van der Waals surface area contributed by atoms with Crippen LogP contribution < -0.4 is 10.1 Å². The van der Waals surface area contributed by atoms with Crippen molar-refractivity contribution in [3.05, 3.63) is 63.6 Å². The average molecular weight is 486 g/mol. The smallest absolute Gasteiger partial charge is 0.326 e. The Labute approximate surface area is 198 Å². The van der Waals surface area contributed by atoms with Crippen molar-refractivity contribution >= 4 is 54.4 Å². The summed E-state index contributed by atoms with van der Waals surface area (Å²) in [6, 6.07) is 10.4. The van der Waals surface area contributed by atoms with Crippen LogP contribution in [-0.4, -0.2) is 35.4 Å². The Bertz CT molecular complexity index is 885. The van der Waals surface area contributed by atoms with Crippen LogP contribution >= 0.6 is 36.7 Å². The van der Waals surface area contributed by atoms with Crippen LogP contribution in [0.4, 0.5) is 0 Å². The maximum absolute atomic E-state index is 12.5. The van der Waals surface area contributed by atoms with Crippen LogP contribution in [0.3, 0.4) is 0 Å². The molecule has 0 aromatic heterocycles. The topological polar surface area (TPSA) is 92.7 Å². The van der Waals surface area contributed by atoms with Gasteiger partial charge in [0.2, 0.25) is 0 Å². The Morgan fingerprint density at radius 2 is 1.65 bits per heavy atom. The van der Waals surface area contributed by atoms with E-state index in [1.807, 2.05) is 0 Å². The van der Waals surface area contributed by atoms with Crippen LogP contribution in [0.2, 0.25) is 10.0 Å². The number of hydrogen-bond donors (Lipinski definition) is 2. The van der Waals surface area contributed by atoms with Crippen LogP contribution in [0.15, 0.2) is 42.5 Å². The minimum Gasteiger partial charge on any atom is -0.494 e. The number of carbonyl (C=O) groups excluding carboxylic acids is 2. The zero-order valence-corrected chi connectivity index (χ0v) is 19.5. The van der Waals surface area contributed by atoms with Crippen molar-refractivity contribution in [3.63, 3.8) is 0 Å². The number of amides is 1. The van der Waals surface area contributed by atoms with Crippen molar-refractivity contribution in [1.82, 2.24) is 5.32 Å². The molecule has 0 aliphatic heterocycles. The summed E-state index contributed by atoms with van der Waals surface area (Å²) in [6.07, 6.45) is 2.19. The van der Waals surface area contributed by atoms with Gasteiger partial charge in [-0.15, -0.1) is 0 Å². The summed E-state index contributed by atoms with van der Waals surface area (Å²) in [6.45, 7) is 2.06. The number of nitrogens with one attached hydrogen (secondary N) is 1. The van der Waals surface area contributed by atoms with Crippen LogP contribution in [0.1, 0.15) is 42.1 Å². The number of carboxylic acids is 1. The summed E-state index contributed by atoms with van der Waals surface area (Å²) in [4.78, 5) is 35.0. The van der Waals surface area contributed by atoms with E-state index in [1.54, 1.807) is 37.3 Å². The molecule has 0 spiro atoms. The Kier molecular flexibility index (Phi) is 11.5. The second kappa shape index (κ2) is 13.2. The number of halogens is 2. The number of aliphatic carboxylic acids is 1. The predicted molar refractivity (Wildman–Crippen MR) is 126 cm³/mol. The number of unbranched alkanes of at least 4 members (excludes halogenated alkanes) is 1. The van der Waals surface area contributed by atoms with E-state index in [0.29, 0.717) is 18.8 Å². The molecule has 0 aliphatic carbocycles. The molecular weight excluding hydrogens is 461 g/mol. The Balaban J connectivity index is 0.00000480. The van der Waals surface area contributed by atoms with Gasteiger partial charge in [-0.2, -0.15) is 13.5 Å². The summed E-state index contributed by atoms with van der Waals surface area (Å²) < 4.78 is 5.62. The highest BCUT2D eigenvalue weighted by molar-refractivity contribution is 7.59. The molecule has 2 rings (SSSR count). The van der Waals surface area contributed by atoms with Crippen LogP contribution in [-0.2, 0) is 16.0 Å². The zero-order chi connectivity index (χ0) is 22.1. The summed E-state index contributed by atoms with van der Waals surface area (Å²) in [7, 11) is 0. The minimum absolute atomic E-state index is 0. The van der Waals surface area contributed by atoms with Crippen LogP contribution in [0.5, 0.6) is 5.75 Å². The average Bonchev–Trinajstić information content (AvgIpc) is 2.68. The Morgan fingerprint density at radius 1 is 1.03 bits per heavy atom. The quantitative estimate of drug-likeness (QED) is 0.451. The normalized spacial score (nSPS) is 11.2. The van der Waals surface area contributed by atoms with Gasteiger partial charge in [0.25, 0.3) is 5.91 Å². The highest BCUT2D eigenvalue weighted by atomic mass is 35.5. The third-order valence-electron chi connectivity index (χ3n) is 4.35. The van der Waals surface area contributed by atoms with Gasteiger partial charge >= 0.3 is 5.97 Å². The maximum atomic E-state index is 12.5. The zero-order valence-electron chi connectivity index (χ0n) is 17.0. The van der Waals surface area contributed by atoms with Crippen LogP contribution in [0.25, 0.3) is 0 Å². The van der Waals surface area contributed by atoms with Gasteiger partial charge in [-0.3, -0.25) is 4.79 Å². The lowest BCUT2D eigenvalue weighted by atomic mass is 10.1. The first-order valence-electron chi connectivity index (χ1n) is 9.46. The number of ketones is 1. The molecule has 0 aliphatic rings. The van der Waals surface area contributed by atoms with Gasteiger partial charge in [-0.25, -0.2) is 4.79 Å². The molecule has 0 fully saturated rings. The fraction of sp³-hybridized carbons (Fsp3) is 0.318. The number of ether oxygens (including phenoxy) is 1. The molecule has 6 nitrogen and oxygen atoms in total. The van der Waals surface area contributed by atoms with Gasteiger partial charge in [0.15, 0.2) is 0 Å². The van der Waals surface area contributed by atoms with Crippen molar-refractivity contribution in [2.24, 2.45) is 0 Å². The molecule has 0 saturated carbocycles. The molecule has 1 atom stereocenters. The van der Waals surface area contributed by atoms with Gasteiger partial charge in [-0.05, 0) is 49.6 Å². The van der Waals surface area contributed by atoms with Gasteiger partial charge in [0, 0.05) is 12.8 Å². The first-order chi connectivity index (χ1) is 14.3. The van der Waals surface area contributed by atoms with Crippen molar-refractivity contribution in [3.8, 4) is 5.75 Å². The van der Waals surface area contributed by atoms with E-state index in [0.717, 1.165) is 18.4 Å². The molecule has 2 aromatic carbocycles. The molecule has 1 amide bonds. The molecule has 1 unspecified atom stereocenters. The van der Waals surface area contributed by atoms with Crippen molar-refractivity contribution in [2.75, 3.05) is 6.61 Å². The highest BCUT2D eigenvalue weighted by Gasteiger charge is 2.23. The number of rotatable bonds is 11. The monoisotopic (exact) mass is 485 g/mol. The molecular formula is C22H25Cl2NO5S. The van der Waals surface area contributed by atoms with Gasteiger partial charge in [0.05, 0.1) is 22.2 Å². The molecule has 2 N–H and O–H groups in total. The summed E-state index contributed by atoms with van der Waals surface area (Å²) in [5.41, 5.74) is 0.762.